The second-order valence-corrected chi connectivity index (χ2v) is 5.50. The molecule has 0 unspecified atom stereocenters. The van der Waals surface area contributed by atoms with E-state index in [-0.39, 0.29) is 5.91 Å². The first-order valence-corrected chi connectivity index (χ1v) is 6.73. The first kappa shape index (κ1) is 12.9. The minimum Gasteiger partial charge on any atom is -0.398 e. The van der Waals surface area contributed by atoms with Crippen LogP contribution in [0.5, 0.6) is 0 Å². The molecule has 0 bridgehead atoms. The maximum Gasteiger partial charge on any atom is 0.251 e. The Morgan fingerprint density at radius 1 is 1.28 bits per heavy atom. The number of rotatable bonds is 2. The number of nitrogens with two attached hydrogens (primary N) is 1. The fourth-order valence-corrected chi connectivity index (χ4v) is 2.45. The molecule has 3 heteroatoms. The zero-order valence-electron chi connectivity index (χ0n) is 11.2. The summed E-state index contributed by atoms with van der Waals surface area (Å²) in [6, 6.07) is 5.83. The minimum absolute atomic E-state index is 0.00116. The molecule has 1 aromatic carbocycles. The van der Waals surface area contributed by atoms with E-state index >= 15 is 0 Å². The van der Waals surface area contributed by atoms with Crippen molar-refractivity contribution in [3.63, 3.8) is 0 Å². The van der Waals surface area contributed by atoms with Crippen LogP contribution in [0, 0.1) is 12.8 Å². The van der Waals surface area contributed by atoms with E-state index in [1.165, 1.54) is 12.8 Å². The van der Waals surface area contributed by atoms with Crippen molar-refractivity contribution in [3.05, 3.63) is 29.3 Å². The standard InChI is InChI=1S/C15H22N2O/c1-10-3-7-13(8-4-10)17-15(18)12-6-5-11(2)14(16)9-12/h5-6,9-10,13H,3-4,7-8,16H2,1-2H3,(H,17,18). The quantitative estimate of drug-likeness (QED) is 0.788. The first-order valence-electron chi connectivity index (χ1n) is 6.73. The van der Waals surface area contributed by atoms with Gasteiger partial charge in [0.25, 0.3) is 5.91 Å². The third kappa shape index (κ3) is 3.03. The summed E-state index contributed by atoms with van der Waals surface area (Å²) in [5.74, 6) is 0.800. The lowest BCUT2D eigenvalue weighted by atomic mass is 9.87. The van der Waals surface area contributed by atoms with Crippen LogP contribution < -0.4 is 11.1 Å². The predicted molar refractivity (Wildman–Crippen MR) is 74.5 cm³/mol. The average molecular weight is 246 g/mol. The van der Waals surface area contributed by atoms with Crippen LogP contribution in [0.1, 0.15) is 48.5 Å². The Morgan fingerprint density at radius 2 is 1.94 bits per heavy atom. The van der Waals surface area contributed by atoms with Crippen LogP contribution in [0.25, 0.3) is 0 Å². The maximum absolute atomic E-state index is 12.1. The summed E-state index contributed by atoms with van der Waals surface area (Å²) >= 11 is 0. The summed E-state index contributed by atoms with van der Waals surface area (Å²) in [6.45, 7) is 4.22. The zero-order valence-corrected chi connectivity index (χ0v) is 11.2. The van der Waals surface area contributed by atoms with E-state index in [4.69, 9.17) is 5.73 Å². The van der Waals surface area contributed by atoms with Crippen molar-refractivity contribution >= 4 is 11.6 Å². The monoisotopic (exact) mass is 246 g/mol. The molecule has 3 nitrogen and oxygen atoms in total. The highest BCUT2D eigenvalue weighted by Crippen LogP contribution is 2.23. The summed E-state index contributed by atoms with van der Waals surface area (Å²) in [7, 11) is 0. The van der Waals surface area contributed by atoms with Gasteiger partial charge in [0.05, 0.1) is 0 Å². The van der Waals surface area contributed by atoms with Gasteiger partial charge in [-0.05, 0) is 56.2 Å². The predicted octanol–water partition coefficient (Wildman–Crippen LogP) is 2.89. The van der Waals surface area contributed by atoms with Crippen molar-refractivity contribution in [2.45, 2.75) is 45.6 Å². The number of hydrogen-bond donors (Lipinski definition) is 2. The van der Waals surface area contributed by atoms with E-state index in [9.17, 15) is 4.79 Å². The molecule has 0 heterocycles. The van der Waals surface area contributed by atoms with Crippen LogP contribution in [0.15, 0.2) is 18.2 Å². The average Bonchev–Trinajstić information content (AvgIpc) is 2.35. The van der Waals surface area contributed by atoms with E-state index in [1.807, 2.05) is 19.1 Å². The Balaban J connectivity index is 1.97. The number of nitrogen functional groups attached to an aromatic ring is 1. The molecule has 0 spiro atoms. The Morgan fingerprint density at radius 3 is 2.56 bits per heavy atom. The molecule has 1 aliphatic rings. The normalized spacial score (nSPS) is 23.7. The van der Waals surface area contributed by atoms with Gasteiger partial charge >= 0.3 is 0 Å². The highest BCUT2D eigenvalue weighted by molar-refractivity contribution is 5.95. The summed E-state index contributed by atoms with van der Waals surface area (Å²) < 4.78 is 0. The molecule has 2 rings (SSSR count). The van der Waals surface area contributed by atoms with Crippen LogP contribution in [-0.4, -0.2) is 11.9 Å². The van der Waals surface area contributed by atoms with E-state index < -0.39 is 0 Å². The lowest BCUT2D eigenvalue weighted by molar-refractivity contribution is 0.0923. The number of carbonyl (C=O) groups excluding carboxylic acids is 1. The summed E-state index contributed by atoms with van der Waals surface area (Å²) in [6.07, 6.45) is 4.60. The lowest BCUT2D eigenvalue weighted by Gasteiger charge is -2.27. The van der Waals surface area contributed by atoms with Gasteiger partial charge < -0.3 is 11.1 Å². The summed E-state index contributed by atoms with van der Waals surface area (Å²) in [5.41, 5.74) is 8.19. The number of anilines is 1. The van der Waals surface area contributed by atoms with Crippen molar-refractivity contribution in [1.82, 2.24) is 5.32 Å². The minimum atomic E-state index is 0.00116. The van der Waals surface area contributed by atoms with E-state index in [2.05, 4.69) is 12.2 Å². The lowest BCUT2D eigenvalue weighted by Crippen LogP contribution is -2.37. The topological polar surface area (TPSA) is 55.1 Å². The number of nitrogens with one attached hydrogen (secondary N) is 1. The van der Waals surface area contributed by atoms with Crippen LogP contribution >= 0.6 is 0 Å². The highest BCUT2D eigenvalue weighted by atomic mass is 16.1. The molecule has 98 valence electrons. The Kier molecular flexibility index (Phi) is 3.90. The fourth-order valence-electron chi connectivity index (χ4n) is 2.45. The molecule has 1 fully saturated rings. The van der Waals surface area contributed by atoms with Gasteiger partial charge in [-0.15, -0.1) is 0 Å². The molecule has 1 amide bonds. The van der Waals surface area contributed by atoms with Gasteiger partial charge in [-0.1, -0.05) is 13.0 Å². The van der Waals surface area contributed by atoms with Gasteiger partial charge in [0.1, 0.15) is 0 Å². The molecule has 0 aromatic heterocycles. The molecule has 1 saturated carbocycles. The van der Waals surface area contributed by atoms with Crippen molar-refractivity contribution < 1.29 is 4.79 Å². The molecule has 18 heavy (non-hydrogen) atoms. The summed E-state index contributed by atoms with van der Waals surface area (Å²) in [4.78, 5) is 12.1. The maximum atomic E-state index is 12.1. The molecule has 0 atom stereocenters. The third-order valence-corrected chi connectivity index (χ3v) is 3.89. The number of carbonyl (C=O) groups is 1. The zero-order chi connectivity index (χ0) is 13.1. The molecule has 1 aromatic rings. The van der Waals surface area contributed by atoms with Crippen molar-refractivity contribution in [2.24, 2.45) is 5.92 Å². The van der Waals surface area contributed by atoms with Crippen LogP contribution in [0.2, 0.25) is 0 Å². The molecule has 0 aliphatic heterocycles. The largest absolute Gasteiger partial charge is 0.398 e. The van der Waals surface area contributed by atoms with Crippen LogP contribution in [0.4, 0.5) is 5.69 Å². The molecule has 0 radical (unpaired) electrons. The molecule has 1 aliphatic carbocycles. The fraction of sp³-hybridized carbons (Fsp3) is 0.533. The van der Waals surface area contributed by atoms with E-state index in [1.54, 1.807) is 6.07 Å². The van der Waals surface area contributed by atoms with Crippen LogP contribution in [-0.2, 0) is 0 Å². The third-order valence-electron chi connectivity index (χ3n) is 3.89. The highest BCUT2D eigenvalue weighted by Gasteiger charge is 2.20. The first-order chi connectivity index (χ1) is 8.56. The Bertz CT molecular complexity index is 434. The van der Waals surface area contributed by atoms with Gasteiger partial charge in [-0.2, -0.15) is 0 Å². The second-order valence-electron chi connectivity index (χ2n) is 5.50. The number of hydrogen-bond acceptors (Lipinski definition) is 2. The van der Waals surface area contributed by atoms with E-state index in [0.717, 1.165) is 24.3 Å². The number of benzene rings is 1. The smallest absolute Gasteiger partial charge is 0.251 e. The van der Waals surface area contributed by atoms with Gasteiger partial charge in [-0.3, -0.25) is 4.79 Å². The van der Waals surface area contributed by atoms with Crippen molar-refractivity contribution in [1.29, 1.82) is 0 Å². The van der Waals surface area contributed by atoms with Crippen molar-refractivity contribution in [2.75, 3.05) is 5.73 Å². The SMILES string of the molecule is Cc1ccc(C(=O)NC2CCC(C)CC2)cc1N. The van der Waals surface area contributed by atoms with Crippen molar-refractivity contribution in [3.8, 4) is 0 Å². The molecular formula is C15H22N2O. The van der Waals surface area contributed by atoms with E-state index in [0.29, 0.717) is 17.3 Å². The van der Waals surface area contributed by atoms with Gasteiger partial charge in [0.15, 0.2) is 0 Å². The van der Waals surface area contributed by atoms with Gasteiger partial charge in [-0.25, -0.2) is 0 Å². The molecule has 0 saturated heterocycles. The second kappa shape index (κ2) is 5.42. The molecular weight excluding hydrogens is 224 g/mol. The Hall–Kier alpha value is -1.51. The molecule has 3 N–H and O–H groups in total. The summed E-state index contributed by atoms with van der Waals surface area (Å²) in [5, 5.41) is 3.11. The van der Waals surface area contributed by atoms with Gasteiger partial charge in [0, 0.05) is 17.3 Å². The number of amides is 1. The number of aryl methyl sites for hydroxylation is 1. The Labute approximate surface area is 109 Å². The van der Waals surface area contributed by atoms with Crippen LogP contribution in [0.3, 0.4) is 0 Å². The van der Waals surface area contributed by atoms with Gasteiger partial charge in [0.2, 0.25) is 0 Å².